The SMILES string of the molecule is Cc1cc(COc2ccc(S(=O)(=O)Cl)c(C)c2C)n(C)n1. The van der Waals surface area contributed by atoms with E-state index >= 15 is 0 Å². The maximum atomic E-state index is 11.5. The van der Waals surface area contributed by atoms with Gasteiger partial charge in [-0.05, 0) is 50.1 Å². The van der Waals surface area contributed by atoms with Crippen molar-refractivity contribution in [3.05, 3.63) is 40.7 Å². The fourth-order valence-electron chi connectivity index (χ4n) is 2.14. The van der Waals surface area contributed by atoms with E-state index in [1.54, 1.807) is 17.7 Å². The van der Waals surface area contributed by atoms with Gasteiger partial charge >= 0.3 is 0 Å². The van der Waals surface area contributed by atoms with Gasteiger partial charge in [-0.3, -0.25) is 4.68 Å². The Morgan fingerprint density at radius 2 is 1.90 bits per heavy atom. The topological polar surface area (TPSA) is 61.2 Å². The molecular formula is C14H17ClN2O3S. The van der Waals surface area contributed by atoms with Gasteiger partial charge in [-0.15, -0.1) is 0 Å². The summed E-state index contributed by atoms with van der Waals surface area (Å²) in [7, 11) is 3.52. The molecule has 0 saturated carbocycles. The standard InChI is InChI=1S/C14H17ClN2O3S/c1-9-7-12(17(4)16-9)8-20-13-5-6-14(21(15,18)19)11(3)10(13)2/h5-7H,8H2,1-4H3. The lowest BCUT2D eigenvalue weighted by atomic mass is 10.1. The molecule has 0 saturated heterocycles. The number of hydrogen-bond donors (Lipinski definition) is 0. The molecule has 0 amide bonds. The van der Waals surface area contributed by atoms with Gasteiger partial charge in [0.1, 0.15) is 12.4 Å². The van der Waals surface area contributed by atoms with Crippen molar-refractivity contribution in [2.45, 2.75) is 32.3 Å². The van der Waals surface area contributed by atoms with Crippen LogP contribution >= 0.6 is 10.7 Å². The molecule has 2 aromatic rings. The molecule has 5 nitrogen and oxygen atoms in total. The highest BCUT2D eigenvalue weighted by molar-refractivity contribution is 8.13. The number of aryl methyl sites for hydroxylation is 2. The summed E-state index contributed by atoms with van der Waals surface area (Å²) in [4.78, 5) is 0.116. The molecule has 1 aromatic carbocycles. The highest BCUT2D eigenvalue weighted by Crippen LogP contribution is 2.29. The fourth-order valence-corrected chi connectivity index (χ4v) is 3.39. The summed E-state index contributed by atoms with van der Waals surface area (Å²) in [6, 6.07) is 5.04. The first kappa shape index (κ1) is 15.9. The van der Waals surface area contributed by atoms with Crippen molar-refractivity contribution < 1.29 is 13.2 Å². The number of nitrogens with zero attached hydrogens (tertiary/aromatic N) is 2. The summed E-state index contributed by atoms with van der Waals surface area (Å²) >= 11 is 0. The van der Waals surface area contributed by atoms with Gasteiger partial charge in [0, 0.05) is 17.7 Å². The van der Waals surface area contributed by atoms with Crippen LogP contribution in [0, 0.1) is 20.8 Å². The third kappa shape index (κ3) is 3.39. The quantitative estimate of drug-likeness (QED) is 0.810. The van der Waals surface area contributed by atoms with Crippen LogP contribution in [0.5, 0.6) is 5.75 Å². The highest BCUT2D eigenvalue weighted by Gasteiger charge is 2.17. The molecule has 0 fully saturated rings. The molecule has 0 unspecified atom stereocenters. The molecule has 0 aliphatic heterocycles. The predicted molar refractivity (Wildman–Crippen MR) is 81.2 cm³/mol. The van der Waals surface area contributed by atoms with Crippen LogP contribution in [0.4, 0.5) is 0 Å². The van der Waals surface area contributed by atoms with E-state index in [1.165, 1.54) is 6.07 Å². The molecule has 0 bridgehead atoms. The van der Waals surface area contributed by atoms with Crippen molar-refractivity contribution in [1.82, 2.24) is 9.78 Å². The van der Waals surface area contributed by atoms with Crippen molar-refractivity contribution in [1.29, 1.82) is 0 Å². The van der Waals surface area contributed by atoms with Crippen LogP contribution in [0.2, 0.25) is 0 Å². The monoisotopic (exact) mass is 328 g/mol. The minimum absolute atomic E-state index is 0.116. The van der Waals surface area contributed by atoms with E-state index in [9.17, 15) is 8.42 Å². The van der Waals surface area contributed by atoms with Crippen LogP contribution in [0.3, 0.4) is 0 Å². The van der Waals surface area contributed by atoms with E-state index in [0.717, 1.165) is 17.0 Å². The van der Waals surface area contributed by atoms with Gasteiger partial charge in [0.15, 0.2) is 0 Å². The average Bonchev–Trinajstić information content (AvgIpc) is 2.68. The lowest BCUT2D eigenvalue weighted by molar-refractivity contribution is 0.292. The zero-order chi connectivity index (χ0) is 15.8. The van der Waals surface area contributed by atoms with Crippen molar-refractivity contribution in [3.63, 3.8) is 0 Å². The molecule has 7 heteroatoms. The van der Waals surface area contributed by atoms with Crippen molar-refractivity contribution in [3.8, 4) is 5.75 Å². The molecular weight excluding hydrogens is 312 g/mol. The molecule has 1 aromatic heterocycles. The summed E-state index contributed by atoms with van der Waals surface area (Å²) in [6.07, 6.45) is 0. The van der Waals surface area contributed by atoms with Crippen LogP contribution in [0.25, 0.3) is 0 Å². The third-order valence-electron chi connectivity index (χ3n) is 3.42. The number of ether oxygens (including phenoxy) is 1. The van der Waals surface area contributed by atoms with Crippen LogP contribution in [0.1, 0.15) is 22.5 Å². The Morgan fingerprint density at radius 1 is 1.24 bits per heavy atom. The van der Waals surface area contributed by atoms with Crippen LogP contribution < -0.4 is 4.74 Å². The molecule has 2 rings (SSSR count). The smallest absolute Gasteiger partial charge is 0.261 e. The van der Waals surface area contributed by atoms with Gasteiger partial charge in [-0.2, -0.15) is 5.10 Å². The van der Waals surface area contributed by atoms with Crippen LogP contribution in [-0.4, -0.2) is 18.2 Å². The first-order valence-corrected chi connectivity index (χ1v) is 8.68. The minimum atomic E-state index is -3.74. The number of rotatable bonds is 4. The first-order valence-electron chi connectivity index (χ1n) is 6.37. The third-order valence-corrected chi connectivity index (χ3v) is 4.89. The van der Waals surface area contributed by atoms with Gasteiger partial charge in [0.2, 0.25) is 0 Å². The maximum Gasteiger partial charge on any atom is 0.261 e. The number of aromatic nitrogens is 2. The van der Waals surface area contributed by atoms with Gasteiger partial charge in [0.25, 0.3) is 9.05 Å². The second-order valence-electron chi connectivity index (χ2n) is 4.94. The fraction of sp³-hybridized carbons (Fsp3) is 0.357. The average molecular weight is 329 g/mol. The second-order valence-corrected chi connectivity index (χ2v) is 7.47. The van der Waals surface area contributed by atoms with E-state index in [0.29, 0.717) is 17.9 Å². The Bertz CT molecular complexity index is 782. The molecule has 1 heterocycles. The Morgan fingerprint density at radius 3 is 2.43 bits per heavy atom. The lowest BCUT2D eigenvalue weighted by Gasteiger charge is -2.13. The van der Waals surface area contributed by atoms with E-state index in [1.807, 2.05) is 27.0 Å². The molecule has 0 aliphatic carbocycles. The van der Waals surface area contributed by atoms with E-state index < -0.39 is 9.05 Å². The molecule has 0 radical (unpaired) electrons. The van der Waals surface area contributed by atoms with Crippen LogP contribution in [0.15, 0.2) is 23.1 Å². The molecule has 0 spiro atoms. The van der Waals surface area contributed by atoms with Crippen molar-refractivity contribution >= 4 is 19.7 Å². The summed E-state index contributed by atoms with van der Waals surface area (Å²) < 4.78 is 30.4. The maximum absolute atomic E-state index is 11.5. The normalized spacial score (nSPS) is 11.7. The Hall–Kier alpha value is -1.53. The highest BCUT2D eigenvalue weighted by atomic mass is 35.7. The largest absolute Gasteiger partial charge is 0.487 e. The molecule has 0 aliphatic rings. The van der Waals surface area contributed by atoms with Crippen LogP contribution in [-0.2, 0) is 22.7 Å². The van der Waals surface area contributed by atoms with Gasteiger partial charge in [-0.25, -0.2) is 8.42 Å². The Labute approximate surface area is 128 Å². The van der Waals surface area contributed by atoms with Gasteiger partial charge in [-0.1, -0.05) is 0 Å². The molecule has 21 heavy (non-hydrogen) atoms. The minimum Gasteiger partial charge on any atom is -0.487 e. The van der Waals surface area contributed by atoms with Crippen molar-refractivity contribution in [2.24, 2.45) is 7.05 Å². The summed E-state index contributed by atoms with van der Waals surface area (Å²) in [5.41, 5.74) is 3.23. The van der Waals surface area contributed by atoms with Crippen molar-refractivity contribution in [2.75, 3.05) is 0 Å². The molecule has 114 valence electrons. The summed E-state index contributed by atoms with van der Waals surface area (Å²) in [5.74, 6) is 0.635. The Kier molecular flexibility index (Phi) is 4.30. The number of benzene rings is 1. The van der Waals surface area contributed by atoms with E-state index in [4.69, 9.17) is 15.4 Å². The predicted octanol–water partition coefficient (Wildman–Crippen LogP) is 2.85. The first-order chi connectivity index (χ1) is 9.70. The number of hydrogen-bond acceptors (Lipinski definition) is 4. The number of halogens is 1. The zero-order valence-corrected chi connectivity index (χ0v) is 13.9. The van der Waals surface area contributed by atoms with Gasteiger partial charge in [0.05, 0.1) is 16.3 Å². The second kappa shape index (κ2) is 5.69. The van der Waals surface area contributed by atoms with E-state index in [2.05, 4.69) is 5.10 Å². The van der Waals surface area contributed by atoms with E-state index in [-0.39, 0.29) is 4.90 Å². The summed E-state index contributed by atoms with van der Waals surface area (Å²) in [6.45, 7) is 5.81. The lowest BCUT2D eigenvalue weighted by Crippen LogP contribution is -2.05. The molecule has 0 N–H and O–H groups in total. The zero-order valence-electron chi connectivity index (χ0n) is 12.3. The molecule has 0 atom stereocenters. The van der Waals surface area contributed by atoms with Gasteiger partial charge < -0.3 is 4.74 Å². The Balaban J connectivity index is 2.26. The summed E-state index contributed by atoms with van der Waals surface area (Å²) in [5, 5.41) is 4.25.